The van der Waals surface area contributed by atoms with Gasteiger partial charge in [-0.05, 0) is 30.3 Å². The second kappa shape index (κ2) is 8.60. The van der Waals surface area contributed by atoms with Crippen LogP contribution in [0.5, 0.6) is 0 Å². The average Bonchev–Trinajstić information content (AvgIpc) is 2.17. The summed E-state index contributed by atoms with van der Waals surface area (Å²) >= 11 is 0. The van der Waals surface area contributed by atoms with Gasteiger partial charge >= 0.3 is 0 Å². The zero-order chi connectivity index (χ0) is 11.7. The third kappa shape index (κ3) is 9.60. The summed E-state index contributed by atoms with van der Waals surface area (Å²) < 4.78 is 0. The quantitative estimate of drug-likeness (QED) is 0.500. The second-order valence-electron chi connectivity index (χ2n) is 5.07. The molecule has 0 saturated heterocycles. The zero-order valence-corrected chi connectivity index (χ0v) is 10.7. The molecule has 0 aromatic carbocycles. The molecule has 0 heteroatoms. The van der Waals surface area contributed by atoms with Crippen molar-refractivity contribution in [1.82, 2.24) is 0 Å². The molecule has 0 spiro atoms. The first-order chi connectivity index (χ1) is 7.06. The van der Waals surface area contributed by atoms with Crippen LogP contribution in [0.4, 0.5) is 0 Å². The van der Waals surface area contributed by atoms with E-state index in [1.165, 1.54) is 32.1 Å². The summed E-state index contributed by atoms with van der Waals surface area (Å²) in [5.41, 5.74) is 0.949. The minimum Gasteiger partial charge on any atom is -0.115 e. The molecule has 0 rings (SSSR count). The summed E-state index contributed by atoms with van der Waals surface area (Å²) in [7, 11) is 0. The predicted molar refractivity (Wildman–Crippen MR) is 69.7 cm³/mol. The molecule has 0 aromatic rings. The van der Waals surface area contributed by atoms with Gasteiger partial charge in [-0.1, -0.05) is 59.0 Å². The van der Waals surface area contributed by atoms with Crippen LogP contribution in [0.3, 0.4) is 0 Å². The molecule has 0 bridgehead atoms. The van der Waals surface area contributed by atoms with E-state index in [1.54, 1.807) is 0 Å². The number of hydrogen-bond donors (Lipinski definition) is 0. The largest absolute Gasteiger partial charge is 0.115 e. The minimum atomic E-state index is 0.842. The molecule has 0 saturated carbocycles. The molecule has 0 fully saturated rings. The Labute approximate surface area is 96.2 Å². The van der Waals surface area contributed by atoms with Gasteiger partial charge in [0.2, 0.25) is 0 Å². The minimum absolute atomic E-state index is 0.842. The maximum Gasteiger partial charge on any atom is -0.00542 e. The van der Waals surface area contributed by atoms with E-state index in [2.05, 4.69) is 33.3 Å². The summed E-state index contributed by atoms with van der Waals surface area (Å²) in [6.45, 7) is 10.8. The lowest BCUT2D eigenvalue weighted by Gasteiger charge is -2.11. The maximum absolute atomic E-state index is 5.25. The lowest BCUT2D eigenvalue weighted by atomic mass is 9.95. The zero-order valence-electron chi connectivity index (χ0n) is 10.7. The molecule has 1 unspecified atom stereocenters. The average molecular weight is 206 g/mol. The Balaban J connectivity index is 3.38. The van der Waals surface area contributed by atoms with E-state index in [0.29, 0.717) is 0 Å². The van der Waals surface area contributed by atoms with E-state index in [4.69, 9.17) is 6.42 Å². The molecule has 15 heavy (non-hydrogen) atoms. The highest BCUT2D eigenvalue weighted by Crippen LogP contribution is 2.18. The van der Waals surface area contributed by atoms with Crippen molar-refractivity contribution >= 4 is 0 Å². The van der Waals surface area contributed by atoms with Crippen LogP contribution in [0.15, 0.2) is 12.2 Å². The summed E-state index contributed by atoms with van der Waals surface area (Å²) in [4.78, 5) is 0. The van der Waals surface area contributed by atoms with Gasteiger partial charge in [-0.15, -0.1) is 6.42 Å². The molecule has 0 aromatic heterocycles. The molecule has 0 aliphatic rings. The van der Waals surface area contributed by atoms with Crippen molar-refractivity contribution in [2.45, 2.75) is 59.3 Å². The van der Waals surface area contributed by atoms with Crippen LogP contribution in [0.25, 0.3) is 0 Å². The van der Waals surface area contributed by atoms with Crippen molar-refractivity contribution in [1.29, 1.82) is 0 Å². The maximum atomic E-state index is 5.25. The van der Waals surface area contributed by atoms with Crippen LogP contribution in [0, 0.1) is 24.2 Å². The van der Waals surface area contributed by atoms with Crippen LogP contribution in [-0.4, -0.2) is 0 Å². The standard InChI is InChI=1S/C15H26/c1-6-14(4)10-8-12-15(5)11-7-9-13(2)3/h1,13,15H,4,7-12H2,2-3,5H3. The third-order valence-corrected chi connectivity index (χ3v) is 2.86. The Morgan fingerprint density at radius 1 is 1.13 bits per heavy atom. The van der Waals surface area contributed by atoms with Crippen molar-refractivity contribution in [3.8, 4) is 12.3 Å². The van der Waals surface area contributed by atoms with E-state index in [9.17, 15) is 0 Å². The molecular weight excluding hydrogens is 180 g/mol. The first kappa shape index (κ1) is 14.3. The molecule has 1 atom stereocenters. The Bertz CT molecular complexity index is 205. The van der Waals surface area contributed by atoms with Crippen molar-refractivity contribution in [2.75, 3.05) is 0 Å². The highest BCUT2D eigenvalue weighted by molar-refractivity contribution is 5.20. The van der Waals surface area contributed by atoms with Crippen LogP contribution in [0.2, 0.25) is 0 Å². The summed E-state index contributed by atoms with van der Waals surface area (Å²) in [6, 6.07) is 0. The molecule has 0 amide bonds. The van der Waals surface area contributed by atoms with Gasteiger partial charge in [-0.3, -0.25) is 0 Å². The van der Waals surface area contributed by atoms with E-state index in [-0.39, 0.29) is 0 Å². The van der Waals surface area contributed by atoms with Gasteiger partial charge in [0.25, 0.3) is 0 Å². The highest BCUT2D eigenvalue weighted by Gasteiger charge is 2.03. The second-order valence-corrected chi connectivity index (χ2v) is 5.07. The van der Waals surface area contributed by atoms with Crippen molar-refractivity contribution < 1.29 is 0 Å². The third-order valence-electron chi connectivity index (χ3n) is 2.86. The van der Waals surface area contributed by atoms with Crippen LogP contribution in [0.1, 0.15) is 59.3 Å². The van der Waals surface area contributed by atoms with Gasteiger partial charge in [-0.2, -0.15) is 0 Å². The number of terminal acetylenes is 1. The van der Waals surface area contributed by atoms with Gasteiger partial charge in [-0.25, -0.2) is 0 Å². The first-order valence-electron chi connectivity index (χ1n) is 6.20. The molecule has 0 heterocycles. The molecule has 0 N–H and O–H groups in total. The molecule has 0 nitrogen and oxygen atoms in total. The monoisotopic (exact) mass is 206 g/mol. The van der Waals surface area contributed by atoms with Gasteiger partial charge in [0, 0.05) is 0 Å². The fraction of sp³-hybridized carbons (Fsp3) is 0.733. The van der Waals surface area contributed by atoms with Gasteiger partial charge in [0.05, 0.1) is 0 Å². The first-order valence-corrected chi connectivity index (χ1v) is 6.20. The lowest BCUT2D eigenvalue weighted by molar-refractivity contribution is 0.428. The van der Waals surface area contributed by atoms with Crippen molar-refractivity contribution in [2.24, 2.45) is 11.8 Å². The van der Waals surface area contributed by atoms with Crippen LogP contribution in [-0.2, 0) is 0 Å². The SMILES string of the molecule is C#CC(=C)CCCC(C)CCCC(C)C. The molecule has 0 aliphatic carbocycles. The summed E-state index contributed by atoms with van der Waals surface area (Å²) in [5.74, 6) is 4.29. The smallest absolute Gasteiger partial charge is 0.00542 e. The Morgan fingerprint density at radius 2 is 1.73 bits per heavy atom. The topological polar surface area (TPSA) is 0 Å². The fourth-order valence-corrected chi connectivity index (χ4v) is 1.75. The van der Waals surface area contributed by atoms with Gasteiger partial charge in [0.1, 0.15) is 0 Å². The number of hydrogen-bond acceptors (Lipinski definition) is 0. The van der Waals surface area contributed by atoms with E-state index >= 15 is 0 Å². The van der Waals surface area contributed by atoms with Crippen LogP contribution >= 0.6 is 0 Å². The molecule has 0 aliphatic heterocycles. The van der Waals surface area contributed by atoms with E-state index in [1.807, 2.05) is 0 Å². The predicted octanol–water partition coefficient (Wildman–Crippen LogP) is 4.81. The summed E-state index contributed by atoms with van der Waals surface area (Å²) in [5, 5.41) is 0. The van der Waals surface area contributed by atoms with E-state index < -0.39 is 0 Å². The molecule has 0 radical (unpaired) electrons. The van der Waals surface area contributed by atoms with Gasteiger partial charge < -0.3 is 0 Å². The highest BCUT2D eigenvalue weighted by atomic mass is 14.1. The molecular formula is C15H26. The van der Waals surface area contributed by atoms with Gasteiger partial charge in [0.15, 0.2) is 0 Å². The normalized spacial score (nSPS) is 12.5. The Kier molecular flexibility index (Phi) is 8.19. The Morgan fingerprint density at radius 3 is 2.27 bits per heavy atom. The fourth-order valence-electron chi connectivity index (χ4n) is 1.75. The summed E-state index contributed by atoms with van der Waals surface area (Å²) in [6.07, 6.45) is 12.8. The number of rotatable bonds is 8. The molecule has 86 valence electrons. The lowest BCUT2D eigenvalue weighted by Crippen LogP contribution is -1.97. The number of allylic oxidation sites excluding steroid dienone is 1. The van der Waals surface area contributed by atoms with Crippen molar-refractivity contribution in [3.05, 3.63) is 12.2 Å². The van der Waals surface area contributed by atoms with Crippen molar-refractivity contribution in [3.63, 3.8) is 0 Å². The van der Waals surface area contributed by atoms with E-state index in [0.717, 1.165) is 23.8 Å². The Hall–Kier alpha value is -0.700. The van der Waals surface area contributed by atoms with Crippen LogP contribution < -0.4 is 0 Å².